The van der Waals surface area contributed by atoms with Gasteiger partial charge in [0.1, 0.15) is 12.3 Å². The minimum atomic E-state index is -0.560. The van der Waals surface area contributed by atoms with Crippen LogP contribution in [0.25, 0.3) is 11.1 Å². The summed E-state index contributed by atoms with van der Waals surface area (Å²) in [5, 5.41) is 9.78. The molecule has 0 aliphatic carbocycles. The summed E-state index contributed by atoms with van der Waals surface area (Å²) >= 11 is 0. The summed E-state index contributed by atoms with van der Waals surface area (Å²) in [4.78, 5) is 25.7. The average Bonchev–Trinajstić information content (AvgIpc) is 2.85. The molecule has 3 aromatic rings. The van der Waals surface area contributed by atoms with Crippen molar-refractivity contribution in [1.82, 2.24) is 9.47 Å². The van der Waals surface area contributed by atoms with Crippen molar-refractivity contribution in [2.24, 2.45) is 0 Å². The molecule has 23 heavy (non-hydrogen) atoms. The van der Waals surface area contributed by atoms with E-state index in [-0.39, 0.29) is 24.7 Å². The van der Waals surface area contributed by atoms with Crippen LogP contribution in [0.15, 0.2) is 57.7 Å². The lowest BCUT2D eigenvalue weighted by Crippen LogP contribution is -2.32. The van der Waals surface area contributed by atoms with E-state index in [9.17, 15) is 14.7 Å². The molecule has 1 N–H and O–H groups in total. The van der Waals surface area contributed by atoms with Crippen molar-refractivity contribution in [3.05, 3.63) is 64.6 Å². The first-order valence-corrected chi connectivity index (χ1v) is 7.15. The maximum Gasteiger partial charge on any atom is 0.420 e. The second-order valence-electron chi connectivity index (χ2n) is 5.30. The second kappa shape index (κ2) is 6.00. The van der Waals surface area contributed by atoms with Crippen LogP contribution in [0.2, 0.25) is 0 Å². The van der Waals surface area contributed by atoms with Crippen molar-refractivity contribution in [2.75, 3.05) is 7.05 Å². The second-order valence-corrected chi connectivity index (χ2v) is 5.30. The van der Waals surface area contributed by atoms with Gasteiger partial charge in [0.25, 0.3) is 0 Å². The third-order valence-corrected chi connectivity index (χ3v) is 3.69. The van der Waals surface area contributed by atoms with Crippen LogP contribution in [0.1, 0.15) is 5.56 Å². The number of phenols is 1. The zero-order chi connectivity index (χ0) is 16.4. The summed E-state index contributed by atoms with van der Waals surface area (Å²) in [6.45, 7) is 0.149. The number of rotatable bonds is 4. The molecule has 0 aliphatic rings. The Morgan fingerprint density at radius 1 is 1.17 bits per heavy atom. The number of carbonyl (C=O) groups is 1. The van der Waals surface area contributed by atoms with Crippen LogP contribution in [0.4, 0.5) is 0 Å². The Kier molecular flexibility index (Phi) is 3.89. The highest BCUT2D eigenvalue weighted by atomic mass is 16.4. The largest absolute Gasteiger partial charge is 0.508 e. The Hall–Kier alpha value is -3.02. The van der Waals surface area contributed by atoms with Crippen molar-refractivity contribution < 1.29 is 14.3 Å². The van der Waals surface area contributed by atoms with E-state index < -0.39 is 5.76 Å². The summed E-state index contributed by atoms with van der Waals surface area (Å²) in [6, 6.07) is 13.8. The third-order valence-electron chi connectivity index (χ3n) is 3.69. The Labute approximate surface area is 132 Å². The van der Waals surface area contributed by atoms with E-state index in [4.69, 9.17) is 4.42 Å². The molecule has 1 aromatic heterocycles. The van der Waals surface area contributed by atoms with E-state index in [0.717, 1.165) is 0 Å². The van der Waals surface area contributed by atoms with Crippen LogP contribution < -0.4 is 5.76 Å². The predicted octanol–water partition coefficient (Wildman–Crippen LogP) is 1.96. The number of benzene rings is 2. The van der Waals surface area contributed by atoms with Gasteiger partial charge < -0.3 is 14.4 Å². The van der Waals surface area contributed by atoms with Gasteiger partial charge in [-0.15, -0.1) is 0 Å². The van der Waals surface area contributed by atoms with E-state index in [0.29, 0.717) is 16.7 Å². The highest BCUT2D eigenvalue weighted by Crippen LogP contribution is 2.17. The molecule has 0 aliphatic heterocycles. The molecular weight excluding hydrogens is 296 g/mol. The lowest BCUT2D eigenvalue weighted by atomic mass is 10.2. The first-order chi connectivity index (χ1) is 11.1. The summed E-state index contributed by atoms with van der Waals surface area (Å²) in [5.41, 5.74) is 1.68. The quantitative estimate of drug-likeness (QED) is 0.799. The van der Waals surface area contributed by atoms with Gasteiger partial charge in [-0.05, 0) is 18.2 Å². The molecule has 0 saturated carbocycles. The van der Waals surface area contributed by atoms with Crippen molar-refractivity contribution in [1.29, 1.82) is 0 Å². The zero-order valence-electron chi connectivity index (χ0n) is 12.6. The number of phenolic OH excluding ortho intramolecular Hbond substituents is 1. The molecule has 0 spiro atoms. The fourth-order valence-electron chi connectivity index (χ4n) is 2.41. The monoisotopic (exact) mass is 312 g/mol. The van der Waals surface area contributed by atoms with E-state index in [1.165, 1.54) is 9.47 Å². The van der Waals surface area contributed by atoms with Crippen LogP contribution >= 0.6 is 0 Å². The van der Waals surface area contributed by atoms with Gasteiger partial charge >= 0.3 is 5.76 Å². The fourth-order valence-corrected chi connectivity index (χ4v) is 2.41. The first kappa shape index (κ1) is 14.9. The van der Waals surface area contributed by atoms with Crippen molar-refractivity contribution in [2.45, 2.75) is 13.1 Å². The minimum absolute atomic E-state index is 0.111. The van der Waals surface area contributed by atoms with Crippen molar-refractivity contribution in [3.8, 4) is 5.75 Å². The highest BCUT2D eigenvalue weighted by Gasteiger charge is 2.16. The van der Waals surface area contributed by atoms with Gasteiger partial charge in [-0.2, -0.15) is 0 Å². The summed E-state index contributed by atoms with van der Waals surface area (Å²) in [6.07, 6.45) is 0. The molecule has 1 amide bonds. The summed E-state index contributed by atoms with van der Waals surface area (Å²) < 4.78 is 6.42. The Morgan fingerprint density at radius 3 is 2.65 bits per heavy atom. The molecule has 6 heteroatoms. The van der Waals surface area contributed by atoms with E-state index in [1.807, 2.05) is 0 Å². The third kappa shape index (κ3) is 2.96. The SMILES string of the molecule is CN(Cc1ccccc1O)C(=O)Cn1c(=O)oc2ccccc21. The Bertz CT molecular complexity index is 910. The van der Waals surface area contributed by atoms with E-state index in [2.05, 4.69) is 0 Å². The van der Waals surface area contributed by atoms with Gasteiger partial charge in [-0.25, -0.2) is 4.79 Å². The highest BCUT2D eigenvalue weighted by molar-refractivity contribution is 5.79. The average molecular weight is 312 g/mol. The minimum Gasteiger partial charge on any atom is -0.508 e. The normalized spacial score (nSPS) is 10.8. The van der Waals surface area contributed by atoms with Crippen LogP contribution in [0, 0.1) is 0 Å². The van der Waals surface area contributed by atoms with Crippen molar-refractivity contribution >= 4 is 17.0 Å². The van der Waals surface area contributed by atoms with Gasteiger partial charge in [0.05, 0.1) is 5.52 Å². The number of aromatic hydroxyl groups is 1. The number of nitrogens with zero attached hydrogens (tertiary/aromatic N) is 2. The molecule has 118 valence electrons. The molecule has 2 aromatic carbocycles. The molecule has 3 rings (SSSR count). The zero-order valence-corrected chi connectivity index (χ0v) is 12.6. The van der Waals surface area contributed by atoms with E-state index in [1.54, 1.807) is 55.6 Å². The topological polar surface area (TPSA) is 75.7 Å². The molecule has 0 saturated heterocycles. The number of aromatic nitrogens is 1. The number of para-hydroxylation sites is 3. The van der Waals surface area contributed by atoms with Crippen LogP contribution in [0.3, 0.4) is 0 Å². The Morgan fingerprint density at radius 2 is 1.87 bits per heavy atom. The van der Waals surface area contributed by atoms with Gasteiger partial charge in [0, 0.05) is 19.2 Å². The standard InChI is InChI=1S/C17H16N2O4/c1-18(10-12-6-2-4-8-14(12)20)16(21)11-19-13-7-3-5-9-15(13)23-17(19)22/h2-9,20H,10-11H2,1H3. The molecule has 0 bridgehead atoms. The maximum atomic E-state index is 12.4. The molecule has 0 atom stereocenters. The molecule has 0 radical (unpaired) electrons. The number of hydrogen-bond acceptors (Lipinski definition) is 4. The van der Waals surface area contributed by atoms with Gasteiger partial charge in [0.15, 0.2) is 5.58 Å². The van der Waals surface area contributed by atoms with Gasteiger partial charge in [0.2, 0.25) is 5.91 Å². The predicted molar refractivity (Wildman–Crippen MR) is 85.1 cm³/mol. The number of carbonyl (C=O) groups excluding carboxylic acids is 1. The summed E-state index contributed by atoms with van der Waals surface area (Å²) in [5.74, 6) is -0.671. The van der Waals surface area contributed by atoms with Crippen LogP contribution in [-0.4, -0.2) is 27.5 Å². The fraction of sp³-hybridized carbons (Fsp3) is 0.176. The van der Waals surface area contributed by atoms with Crippen LogP contribution in [-0.2, 0) is 17.9 Å². The number of likely N-dealkylation sites (N-methyl/N-ethyl adjacent to an activating group) is 1. The lowest BCUT2D eigenvalue weighted by Gasteiger charge is -2.18. The number of amides is 1. The molecular formula is C17H16N2O4. The van der Waals surface area contributed by atoms with Crippen LogP contribution in [0.5, 0.6) is 5.75 Å². The first-order valence-electron chi connectivity index (χ1n) is 7.15. The molecule has 0 unspecified atom stereocenters. The molecule has 1 heterocycles. The van der Waals surface area contributed by atoms with Crippen molar-refractivity contribution in [3.63, 3.8) is 0 Å². The number of oxazole rings is 1. The molecule has 0 fully saturated rings. The Balaban J connectivity index is 1.79. The smallest absolute Gasteiger partial charge is 0.420 e. The van der Waals surface area contributed by atoms with Gasteiger partial charge in [-0.3, -0.25) is 9.36 Å². The number of fused-ring (bicyclic) bond motifs is 1. The molecule has 6 nitrogen and oxygen atoms in total. The summed E-state index contributed by atoms with van der Waals surface area (Å²) in [7, 11) is 1.63. The lowest BCUT2D eigenvalue weighted by molar-refractivity contribution is -0.131. The van der Waals surface area contributed by atoms with Gasteiger partial charge in [-0.1, -0.05) is 30.3 Å². The maximum absolute atomic E-state index is 12.4. The number of hydrogen-bond donors (Lipinski definition) is 1. The van der Waals surface area contributed by atoms with E-state index >= 15 is 0 Å².